The van der Waals surface area contributed by atoms with Crippen LogP contribution >= 0.6 is 12.4 Å². The Morgan fingerprint density at radius 2 is 1.06 bits per heavy atom. The van der Waals surface area contributed by atoms with Gasteiger partial charge in [0.05, 0.1) is 25.4 Å². The fourth-order valence-corrected chi connectivity index (χ4v) is 1.06. The van der Waals surface area contributed by atoms with E-state index in [1.165, 1.54) is 0 Å². The average molecular weight is 272 g/mol. The summed E-state index contributed by atoms with van der Waals surface area (Å²) in [6.45, 7) is 1.20. The monoisotopic (exact) mass is 271 g/mol. The third-order valence-electron chi connectivity index (χ3n) is 1.72. The summed E-state index contributed by atoms with van der Waals surface area (Å²) in [5.41, 5.74) is 5.24. The van der Waals surface area contributed by atoms with Crippen LogP contribution in [0.2, 0.25) is 0 Å². The minimum atomic E-state index is -0.801. The second-order valence-electron chi connectivity index (χ2n) is 3.45. The van der Waals surface area contributed by atoms with Crippen molar-refractivity contribution in [2.45, 2.75) is 5.54 Å². The Kier molecular flexibility index (Phi) is 13.1. The van der Waals surface area contributed by atoms with Crippen LogP contribution in [0.1, 0.15) is 0 Å². The molecule has 0 heterocycles. The van der Waals surface area contributed by atoms with Gasteiger partial charge in [0.25, 0.3) is 0 Å². The van der Waals surface area contributed by atoms with E-state index in [0.717, 1.165) is 0 Å². The van der Waals surface area contributed by atoms with Crippen molar-refractivity contribution in [3.05, 3.63) is 0 Å². The van der Waals surface area contributed by atoms with Gasteiger partial charge in [0.1, 0.15) is 19.8 Å². The minimum absolute atomic E-state index is 0. The van der Waals surface area contributed by atoms with Crippen LogP contribution in [0.15, 0.2) is 0 Å². The summed E-state index contributed by atoms with van der Waals surface area (Å²) in [4.78, 5) is 0. The highest BCUT2D eigenvalue weighted by molar-refractivity contribution is 5.85. The number of hydrogen-bond donors (Lipinski definition) is 1. The molecule has 0 saturated heterocycles. The highest BCUT2D eigenvalue weighted by Gasteiger charge is 2.26. The van der Waals surface area contributed by atoms with Crippen molar-refractivity contribution < 1.29 is 14.2 Å². The number of halogens is 1. The predicted octanol–water partition coefficient (Wildman–Crippen LogP) is 0.0551. The highest BCUT2D eigenvalue weighted by atomic mass is 35.5. The van der Waals surface area contributed by atoms with E-state index in [-0.39, 0.29) is 52.0 Å². The van der Waals surface area contributed by atoms with Crippen LogP contribution in [-0.2, 0) is 14.2 Å². The Morgan fingerprint density at radius 1 is 0.778 bits per heavy atom. The normalized spacial score (nSPS) is 9.67. The summed E-state index contributed by atoms with van der Waals surface area (Å²) in [5, 5.41) is 0. The number of rotatable bonds is 9. The average Bonchev–Trinajstić information content (AvgIpc) is 2.30. The van der Waals surface area contributed by atoms with Gasteiger partial charge in [0.15, 0.2) is 0 Å². The van der Waals surface area contributed by atoms with E-state index in [4.69, 9.17) is 39.2 Å². The molecular weight excluding hydrogens is 254 g/mol. The van der Waals surface area contributed by atoms with Crippen LogP contribution in [0.5, 0.6) is 0 Å². The molecule has 18 heavy (non-hydrogen) atoms. The zero-order valence-electron chi connectivity index (χ0n) is 10.2. The molecular formula is C13H18ClNO3. The lowest BCUT2D eigenvalue weighted by Gasteiger charge is -2.27. The summed E-state index contributed by atoms with van der Waals surface area (Å²) in [6.07, 6.45) is 15.2. The van der Waals surface area contributed by atoms with Gasteiger partial charge < -0.3 is 19.9 Å². The first kappa shape index (κ1) is 19.2. The Morgan fingerprint density at radius 3 is 1.28 bits per heavy atom. The van der Waals surface area contributed by atoms with Crippen molar-refractivity contribution in [1.82, 2.24) is 0 Å². The molecule has 0 saturated carbocycles. The Hall–Kier alpha value is -1.19. The van der Waals surface area contributed by atoms with Gasteiger partial charge in [0.2, 0.25) is 0 Å². The second kappa shape index (κ2) is 12.3. The lowest BCUT2D eigenvalue weighted by molar-refractivity contribution is -0.00408. The molecule has 0 aliphatic heterocycles. The van der Waals surface area contributed by atoms with E-state index >= 15 is 0 Å². The maximum atomic E-state index is 6.04. The molecule has 4 nitrogen and oxygen atoms in total. The highest BCUT2D eigenvalue weighted by Crippen LogP contribution is 2.04. The largest absolute Gasteiger partial charge is 0.367 e. The number of ether oxygens (including phenoxy) is 3. The van der Waals surface area contributed by atoms with E-state index < -0.39 is 5.54 Å². The Labute approximate surface area is 115 Å². The van der Waals surface area contributed by atoms with Crippen molar-refractivity contribution in [3.63, 3.8) is 0 Å². The molecule has 0 aliphatic carbocycles. The number of hydrogen-bond acceptors (Lipinski definition) is 4. The van der Waals surface area contributed by atoms with Crippen molar-refractivity contribution >= 4 is 12.4 Å². The van der Waals surface area contributed by atoms with E-state index in [1.807, 2.05) is 0 Å². The predicted molar refractivity (Wildman–Crippen MR) is 73.1 cm³/mol. The van der Waals surface area contributed by atoms with Crippen LogP contribution in [0.3, 0.4) is 0 Å². The molecule has 5 heteroatoms. The van der Waals surface area contributed by atoms with Crippen LogP contribution < -0.4 is 5.73 Å². The maximum Gasteiger partial charge on any atom is 0.107 e. The van der Waals surface area contributed by atoms with Gasteiger partial charge in [-0.25, -0.2) is 0 Å². The zero-order chi connectivity index (χ0) is 13.0. The first-order valence-corrected chi connectivity index (χ1v) is 5.01. The van der Waals surface area contributed by atoms with Gasteiger partial charge in [-0.1, -0.05) is 17.8 Å². The van der Waals surface area contributed by atoms with Gasteiger partial charge in [-0.15, -0.1) is 31.7 Å². The summed E-state index contributed by atoms with van der Waals surface area (Å²) >= 11 is 0. The van der Waals surface area contributed by atoms with Gasteiger partial charge in [-0.05, 0) is 0 Å². The number of nitrogens with two attached hydrogens (primary N) is 1. The summed E-state index contributed by atoms with van der Waals surface area (Å²) in [6, 6.07) is 0. The van der Waals surface area contributed by atoms with Crippen LogP contribution in [0.25, 0.3) is 0 Å². The zero-order valence-corrected chi connectivity index (χ0v) is 11.0. The topological polar surface area (TPSA) is 53.7 Å². The first-order chi connectivity index (χ1) is 8.18. The molecule has 0 fully saturated rings. The molecule has 0 atom stereocenters. The van der Waals surface area contributed by atoms with Gasteiger partial charge in [-0.2, -0.15) is 0 Å². The van der Waals surface area contributed by atoms with Crippen LogP contribution in [0.4, 0.5) is 0 Å². The van der Waals surface area contributed by atoms with E-state index in [9.17, 15) is 0 Å². The first-order valence-electron chi connectivity index (χ1n) is 5.01. The lowest BCUT2D eigenvalue weighted by atomic mass is 10.1. The second-order valence-corrected chi connectivity index (χ2v) is 3.45. The van der Waals surface area contributed by atoms with Crippen molar-refractivity contribution in [1.29, 1.82) is 0 Å². The third-order valence-corrected chi connectivity index (χ3v) is 1.72. The third kappa shape index (κ3) is 10.00. The molecule has 0 aliphatic rings. The molecule has 0 spiro atoms. The smallest absolute Gasteiger partial charge is 0.107 e. The summed E-state index contributed by atoms with van der Waals surface area (Å²) in [5.74, 6) is 7.05. The SMILES string of the molecule is C#CCOCC(N)(COCC#C)COCC#C.Cl. The van der Waals surface area contributed by atoms with Crippen molar-refractivity contribution in [3.8, 4) is 37.0 Å². The quantitative estimate of drug-likeness (QED) is 0.476. The van der Waals surface area contributed by atoms with Crippen LogP contribution in [-0.4, -0.2) is 45.2 Å². The molecule has 0 bridgehead atoms. The van der Waals surface area contributed by atoms with E-state index in [1.54, 1.807) is 0 Å². The molecule has 0 aromatic rings. The molecule has 0 amide bonds. The molecule has 0 unspecified atom stereocenters. The molecule has 2 N–H and O–H groups in total. The number of terminal acetylenes is 3. The fourth-order valence-electron chi connectivity index (χ4n) is 1.06. The lowest BCUT2D eigenvalue weighted by Crippen LogP contribution is -2.53. The molecule has 0 aromatic carbocycles. The van der Waals surface area contributed by atoms with E-state index in [2.05, 4.69) is 17.8 Å². The molecule has 100 valence electrons. The van der Waals surface area contributed by atoms with Gasteiger partial charge in [0, 0.05) is 0 Å². The fraction of sp³-hybridized carbons (Fsp3) is 0.538. The Balaban J connectivity index is 0. The van der Waals surface area contributed by atoms with Crippen LogP contribution in [0, 0.1) is 37.0 Å². The summed E-state index contributed by atoms with van der Waals surface area (Å²) < 4.78 is 15.6. The molecule has 0 radical (unpaired) electrons. The molecule has 0 aromatic heterocycles. The molecule has 0 rings (SSSR count). The summed E-state index contributed by atoms with van der Waals surface area (Å²) in [7, 11) is 0. The minimum Gasteiger partial charge on any atom is -0.367 e. The van der Waals surface area contributed by atoms with Crippen molar-refractivity contribution in [2.24, 2.45) is 5.73 Å². The Bertz CT molecular complexity index is 274. The maximum absolute atomic E-state index is 6.04. The van der Waals surface area contributed by atoms with E-state index in [0.29, 0.717) is 0 Å². The van der Waals surface area contributed by atoms with Gasteiger partial charge in [-0.3, -0.25) is 0 Å². The van der Waals surface area contributed by atoms with Gasteiger partial charge >= 0.3 is 0 Å². The van der Waals surface area contributed by atoms with Crippen molar-refractivity contribution in [2.75, 3.05) is 39.6 Å². The standard InChI is InChI=1S/C13H17NO3.ClH/c1-4-7-15-10-13(14,11-16-8-5-2)12-17-9-6-3;/h1-3H,7-12,14H2;1H.